The SMILES string of the molecule is CCC[C@H](NC(=O)[C@@H]1CC2CN1C(=O)[C@H](C1CCCC1)NC(=O)OCCCCCCc1cccc3c1CN(C3)C(=O)O2)C(=O)C(=O)NC1CC1. The average Bonchev–Trinajstić information content (AvgIpc) is 3.46. The number of alkyl carbamates (subject to hydrolysis) is 1. The monoisotopic (exact) mass is 693 g/mol. The highest BCUT2D eigenvalue weighted by Gasteiger charge is 2.47. The number of nitrogens with zero attached hydrogens (tertiary/aromatic N) is 2. The Morgan fingerprint density at radius 1 is 0.960 bits per heavy atom. The zero-order valence-corrected chi connectivity index (χ0v) is 29.1. The zero-order valence-electron chi connectivity index (χ0n) is 29.1. The quantitative estimate of drug-likeness (QED) is 0.348. The molecule has 3 aliphatic heterocycles. The molecule has 1 unspecified atom stereocenters. The maximum atomic E-state index is 14.4. The van der Waals surface area contributed by atoms with Gasteiger partial charge in [-0.1, -0.05) is 57.2 Å². The molecule has 1 aromatic carbocycles. The molecule has 2 saturated carbocycles. The lowest BCUT2D eigenvalue weighted by atomic mass is 9.96. The van der Waals surface area contributed by atoms with Crippen molar-refractivity contribution in [2.24, 2.45) is 5.92 Å². The van der Waals surface area contributed by atoms with Crippen LogP contribution >= 0.6 is 0 Å². The Morgan fingerprint density at radius 3 is 2.48 bits per heavy atom. The molecule has 3 heterocycles. The van der Waals surface area contributed by atoms with Crippen molar-refractivity contribution in [3.63, 3.8) is 0 Å². The molecule has 2 aliphatic carbocycles. The molecule has 0 spiro atoms. The third-order valence-corrected chi connectivity index (χ3v) is 10.8. The number of ether oxygens (including phenoxy) is 2. The van der Waals surface area contributed by atoms with Crippen molar-refractivity contribution < 1.29 is 38.2 Å². The number of ketones is 1. The van der Waals surface area contributed by atoms with Gasteiger partial charge in [-0.2, -0.15) is 0 Å². The van der Waals surface area contributed by atoms with Gasteiger partial charge in [-0.25, -0.2) is 9.59 Å². The number of hydrogen-bond donors (Lipinski definition) is 3. The normalized spacial score (nSPS) is 25.7. The standard InChI is InChI=1S/C37H51N5O8/c1-2-10-29(32(43)34(45)38-26-16-17-26)39-33(44)30-19-27-21-42(30)35(46)31(24-12-6-7-13-24)40-36(47)49-18-8-4-3-5-11-23-14-9-15-25-20-41(22-28(23)25)37(48)50-27/h9,14-15,24,26-27,29-31H,2-8,10-13,16-22H2,1H3,(H,38,45)(H,39,44)(H,40,47)/t27?,29-,30-,31-/m0/s1. The Bertz CT molecular complexity index is 1460. The minimum atomic E-state index is -1.09. The Kier molecular flexibility index (Phi) is 11.6. The summed E-state index contributed by atoms with van der Waals surface area (Å²) in [6.45, 7) is 2.88. The first-order valence-corrected chi connectivity index (χ1v) is 18.7. The maximum absolute atomic E-state index is 14.4. The van der Waals surface area contributed by atoms with Crippen LogP contribution < -0.4 is 16.0 Å². The van der Waals surface area contributed by atoms with Gasteiger partial charge in [0.15, 0.2) is 0 Å². The molecule has 4 bridgehead atoms. The Labute approximate surface area is 293 Å². The molecular weight excluding hydrogens is 642 g/mol. The lowest BCUT2D eigenvalue weighted by Crippen LogP contribution is -2.57. The van der Waals surface area contributed by atoms with Crippen molar-refractivity contribution in [1.29, 1.82) is 0 Å². The van der Waals surface area contributed by atoms with E-state index in [1.807, 2.05) is 19.1 Å². The topological polar surface area (TPSA) is 163 Å². The van der Waals surface area contributed by atoms with Gasteiger partial charge in [0.25, 0.3) is 5.91 Å². The number of cyclic esters (lactones) is 1. The fraction of sp³-hybridized carbons (Fsp3) is 0.676. The number of fused-ring (bicyclic) bond motifs is 3. The van der Waals surface area contributed by atoms with Crippen LogP contribution in [0.4, 0.5) is 9.59 Å². The molecule has 3 N–H and O–H groups in total. The van der Waals surface area contributed by atoms with Crippen molar-refractivity contribution >= 4 is 35.7 Å². The largest absolute Gasteiger partial charge is 0.450 e. The van der Waals surface area contributed by atoms with Crippen molar-refractivity contribution in [3.05, 3.63) is 34.9 Å². The summed E-state index contributed by atoms with van der Waals surface area (Å²) in [6.07, 6.45) is 8.16. The molecule has 1 saturated heterocycles. The van der Waals surface area contributed by atoms with Crippen LogP contribution in [0.25, 0.3) is 0 Å². The van der Waals surface area contributed by atoms with E-state index in [0.717, 1.165) is 75.3 Å². The fourth-order valence-corrected chi connectivity index (χ4v) is 7.87. The number of rotatable bonds is 8. The molecule has 5 aliphatic rings. The van der Waals surface area contributed by atoms with Gasteiger partial charge in [-0.05, 0) is 74.0 Å². The van der Waals surface area contributed by atoms with E-state index in [0.29, 0.717) is 25.9 Å². The molecule has 5 amide bonds. The number of benzene rings is 1. The van der Waals surface area contributed by atoms with E-state index in [2.05, 4.69) is 22.0 Å². The fourth-order valence-electron chi connectivity index (χ4n) is 7.87. The van der Waals surface area contributed by atoms with E-state index in [4.69, 9.17) is 9.47 Å². The molecule has 50 heavy (non-hydrogen) atoms. The molecule has 272 valence electrons. The van der Waals surface area contributed by atoms with E-state index in [1.54, 1.807) is 4.90 Å². The van der Waals surface area contributed by atoms with Crippen molar-refractivity contribution in [2.75, 3.05) is 13.2 Å². The van der Waals surface area contributed by atoms with Crippen LogP contribution in [0.3, 0.4) is 0 Å². The minimum absolute atomic E-state index is 0.0124. The summed E-state index contributed by atoms with van der Waals surface area (Å²) in [5.74, 6) is -2.66. The molecule has 0 aromatic heterocycles. The van der Waals surface area contributed by atoms with Gasteiger partial charge in [0.1, 0.15) is 18.2 Å². The summed E-state index contributed by atoms with van der Waals surface area (Å²) >= 11 is 0. The van der Waals surface area contributed by atoms with Crippen LogP contribution in [0, 0.1) is 5.92 Å². The van der Waals surface area contributed by atoms with Crippen LogP contribution in [0.5, 0.6) is 0 Å². The predicted octanol–water partition coefficient (Wildman–Crippen LogP) is 3.64. The predicted molar refractivity (Wildman–Crippen MR) is 181 cm³/mol. The smallest absolute Gasteiger partial charge is 0.410 e. The first-order valence-electron chi connectivity index (χ1n) is 18.7. The van der Waals surface area contributed by atoms with Crippen molar-refractivity contribution in [3.8, 4) is 0 Å². The Hall–Kier alpha value is -4.16. The highest BCUT2D eigenvalue weighted by molar-refractivity contribution is 6.38. The van der Waals surface area contributed by atoms with E-state index >= 15 is 0 Å². The molecule has 13 nitrogen and oxygen atoms in total. The first-order chi connectivity index (χ1) is 24.2. The maximum Gasteiger partial charge on any atom is 0.410 e. The van der Waals surface area contributed by atoms with E-state index in [1.165, 1.54) is 10.5 Å². The highest BCUT2D eigenvalue weighted by atomic mass is 16.6. The summed E-state index contributed by atoms with van der Waals surface area (Å²) in [5, 5.41) is 8.28. The number of hydrogen-bond acceptors (Lipinski definition) is 8. The van der Waals surface area contributed by atoms with Gasteiger partial charge in [0, 0.05) is 25.6 Å². The summed E-state index contributed by atoms with van der Waals surface area (Å²) < 4.78 is 11.5. The Balaban J connectivity index is 1.24. The van der Waals surface area contributed by atoms with Crippen molar-refractivity contribution in [1.82, 2.24) is 25.8 Å². The molecule has 6 rings (SSSR count). The molecule has 1 aromatic rings. The lowest BCUT2D eigenvalue weighted by Gasteiger charge is -2.31. The molecule has 0 radical (unpaired) electrons. The number of Topliss-reactive ketones (excluding diaryl/α,β-unsaturated/α-hetero) is 1. The second-order valence-electron chi connectivity index (χ2n) is 14.6. The van der Waals surface area contributed by atoms with Crippen LogP contribution in [-0.4, -0.2) is 88.9 Å². The molecule has 13 heteroatoms. The van der Waals surface area contributed by atoms with Gasteiger partial charge >= 0.3 is 12.2 Å². The molecule has 4 atom stereocenters. The lowest BCUT2D eigenvalue weighted by molar-refractivity contribution is -0.143. The summed E-state index contributed by atoms with van der Waals surface area (Å²) in [4.78, 5) is 83.8. The van der Waals surface area contributed by atoms with E-state index < -0.39 is 59.9 Å². The van der Waals surface area contributed by atoms with Gasteiger partial charge in [0.2, 0.25) is 17.6 Å². The number of amides is 5. The van der Waals surface area contributed by atoms with E-state index in [9.17, 15) is 28.8 Å². The number of carbonyl (C=O) groups excluding carboxylic acids is 6. The van der Waals surface area contributed by atoms with Crippen LogP contribution in [0.2, 0.25) is 0 Å². The molecular formula is C37H51N5O8. The average molecular weight is 694 g/mol. The summed E-state index contributed by atoms with van der Waals surface area (Å²) in [5.41, 5.74) is 3.42. The van der Waals surface area contributed by atoms with Crippen molar-refractivity contribution in [2.45, 2.75) is 140 Å². The number of carbonyl (C=O) groups is 6. The Morgan fingerprint density at radius 2 is 1.72 bits per heavy atom. The van der Waals surface area contributed by atoms with Gasteiger partial charge in [0.05, 0.1) is 19.2 Å². The third-order valence-electron chi connectivity index (χ3n) is 10.8. The van der Waals surface area contributed by atoms with E-state index in [-0.39, 0.29) is 38.0 Å². The zero-order chi connectivity index (χ0) is 35.2. The molecule has 3 fully saturated rings. The third kappa shape index (κ3) is 8.58. The van der Waals surface area contributed by atoms with Crippen LogP contribution in [0.15, 0.2) is 18.2 Å². The van der Waals surface area contributed by atoms with Crippen LogP contribution in [0.1, 0.15) is 107 Å². The highest BCUT2D eigenvalue weighted by Crippen LogP contribution is 2.33. The van der Waals surface area contributed by atoms with Gasteiger partial charge < -0.3 is 30.3 Å². The summed E-state index contributed by atoms with van der Waals surface area (Å²) in [7, 11) is 0. The summed E-state index contributed by atoms with van der Waals surface area (Å²) in [6, 6.07) is 3.05. The number of nitrogens with one attached hydrogen (secondary N) is 3. The van der Waals surface area contributed by atoms with Gasteiger partial charge in [-0.3, -0.25) is 24.1 Å². The number of aryl methyl sites for hydroxylation is 1. The van der Waals surface area contributed by atoms with Gasteiger partial charge in [-0.15, -0.1) is 0 Å². The second kappa shape index (κ2) is 16.2. The van der Waals surface area contributed by atoms with Crippen LogP contribution in [-0.2, 0) is 48.2 Å². The second-order valence-corrected chi connectivity index (χ2v) is 14.6. The first kappa shape index (κ1) is 35.7. The minimum Gasteiger partial charge on any atom is -0.450 e.